The summed E-state index contributed by atoms with van der Waals surface area (Å²) in [6, 6.07) is 8.92. The number of piperidine rings is 1. The van der Waals surface area contributed by atoms with E-state index in [4.69, 9.17) is 4.74 Å². The van der Waals surface area contributed by atoms with E-state index in [1.165, 1.54) is 24.3 Å². The van der Waals surface area contributed by atoms with Crippen LogP contribution in [-0.4, -0.2) is 53.8 Å². The average molecular weight is 472 g/mol. The van der Waals surface area contributed by atoms with Crippen molar-refractivity contribution in [2.24, 2.45) is 5.92 Å². The molecule has 0 aliphatic carbocycles. The third-order valence-corrected chi connectivity index (χ3v) is 5.35. The normalized spacial score (nSPS) is 15.9. The highest BCUT2D eigenvalue weighted by Crippen LogP contribution is 2.25. The van der Waals surface area contributed by atoms with Gasteiger partial charge in [0, 0.05) is 18.7 Å². The number of hydrogen-bond donors (Lipinski definition) is 2. The molecular formula is C23H25FN4O6. The average Bonchev–Trinajstić information content (AvgIpc) is 2.81. The van der Waals surface area contributed by atoms with Crippen LogP contribution in [0.25, 0.3) is 0 Å². The molecule has 1 aliphatic rings. The lowest BCUT2D eigenvalue weighted by molar-refractivity contribution is -0.384. The SMILES string of the molecule is CCOC(=O)[C@H]1CCCN(CC(=O)Nc2ccc([N+](=O)[O-])cc2C(=O)Nc2ccccc2F)C1. The second kappa shape index (κ2) is 11.3. The van der Waals surface area contributed by atoms with Gasteiger partial charge in [-0.3, -0.25) is 29.4 Å². The number of nitrogens with one attached hydrogen (secondary N) is 2. The summed E-state index contributed by atoms with van der Waals surface area (Å²) in [6.07, 6.45) is 1.41. The fourth-order valence-electron chi connectivity index (χ4n) is 3.74. The molecule has 0 bridgehead atoms. The monoisotopic (exact) mass is 472 g/mol. The summed E-state index contributed by atoms with van der Waals surface area (Å²) >= 11 is 0. The van der Waals surface area contributed by atoms with Crippen LogP contribution in [0.5, 0.6) is 0 Å². The number of carbonyl (C=O) groups is 3. The molecule has 0 saturated carbocycles. The minimum absolute atomic E-state index is 0.0404. The molecule has 1 atom stereocenters. The van der Waals surface area contributed by atoms with Gasteiger partial charge in [0.2, 0.25) is 5.91 Å². The summed E-state index contributed by atoms with van der Waals surface area (Å²) in [4.78, 5) is 49.9. The third kappa shape index (κ3) is 6.35. The zero-order chi connectivity index (χ0) is 24.7. The molecule has 0 unspecified atom stereocenters. The Morgan fingerprint density at radius 2 is 1.94 bits per heavy atom. The molecule has 10 nitrogen and oxygen atoms in total. The number of benzene rings is 2. The largest absolute Gasteiger partial charge is 0.466 e. The Bertz CT molecular complexity index is 1090. The van der Waals surface area contributed by atoms with Crippen molar-refractivity contribution in [3.63, 3.8) is 0 Å². The summed E-state index contributed by atoms with van der Waals surface area (Å²) in [5.74, 6) is -2.56. The van der Waals surface area contributed by atoms with Gasteiger partial charge in [-0.25, -0.2) is 4.39 Å². The lowest BCUT2D eigenvalue weighted by Crippen LogP contribution is -2.43. The number of esters is 1. The molecule has 2 amide bonds. The highest BCUT2D eigenvalue weighted by Gasteiger charge is 2.28. The molecule has 3 rings (SSSR count). The molecule has 1 heterocycles. The van der Waals surface area contributed by atoms with Crippen molar-refractivity contribution >= 4 is 34.8 Å². The Morgan fingerprint density at radius 1 is 1.18 bits per heavy atom. The van der Waals surface area contributed by atoms with E-state index < -0.39 is 22.6 Å². The Kier molecular flexibility index (Phi) is 8.25. The zero-order valence-corrected chi connectivity index (χ0v) is 18.6. The van der Waals surface area contributed by atoms with Gasteiger partial charge in [-0.2, -0.15) is 0 Å². The van der Waals surface area contributed by atoms with Crippen molar-refractivity contribution in [2.45, 2.75) is 19.8 Å². The maximum absolute atomic E-state index is 14.0. The van der Waals surface area contributed by atoms with Gasteiger partial charge in [0.05, 0.1) is 40.9 Å². The number of para-hydroxylation sites is 1. The zero-order valence-electron chi connectivity index (χ0n) is 18.6. The van der Waals surface area contributed by atoms with Crippen molar-refractivity contribution in [3.8, 4) is 0 Å². The van der Waals surface area contributed by atoms with Gasteiger partial charge in [0.25, 0.3) is 11.6 Å². The van der Waals surface area contributed by atoms with Crippen molar-refractivity contribution in [3.05, 3.63) is 64.0 Å². The van der Waals surface area contributed by atoms with Crippen LogP contribution in [0.4, 0.5) is 21.5 Å². The van der Waals surface area contributed by atoms with Gasteiger partial charge in [-0.1, -0.05) is 12.1 Å². The predicted molar refractivity (Wildman–Crippen MR) is 122 cm³/mol. The lowest BCUT2D eigenvalue weighted by atomic mass is 9.98. The lowest BCUT2D eigenvalue weighted by Gasteiger charge is -2.30. The first-order valence-electron chi connectivity index (χ1n) is 10.8. The number of carbonyl (C=O) groups excluding carboxylic acids is 3. The second-order valence-corrected chi connectivity index (χ2v) is 7.80. The van der Waals surface area contributed by atoms with E-state index in [0.717, 1.165) is 24.6 Å². The van der Waals surface area contributed by atoms with E-state index in [9.17, 15) is 28.9 Å². The summed E-state index contributed by atoms with van der Waals surface area (Å²) in [6.45, 7) is 2.96. The van der Waals surface area contributed by atoms with Gasteiger partial charge in [0.15, 0.2) is 0 Å². The van der Waals surface area contributed by atoms with Gasteiger partial charge < -0.3 is 15.4 Å². The minimum Gasteiger partial charge on any atom is -0.466 e. The number of likely N-dealkylation sites (tertiary alicyclic amines) is 1. The standard InChI is InChI=1S/C23H25FN4O6/c1-2-34-23(31)15-6-5-11-27(13-15)14-21(29)25-19-10-9-16(28(32)33)12-17(19)22(30)26-20-8-4-3-7-18(20)24/h3-4,7-10,12,15H,2,5-6,11,13-14H2,1H3,(H,25,29)(H,26,30)/t15-/m0/s1. The van der Waals surface area contributed by atoms with E-state index in [0.29, 0.717) is 19.5 Å². The molecule has 180 valence electrons. The topological polar surface area (TPSA) is 131 Å². The van der Waals surface area contributed by atoms with Crippen molar-refractivity contribution < 1.29 is 28.4 Å². The van der Waals surface area contributed by atoms with Crippen LogP contribution in [0.15, 0.2) is 42.5 Å². The number of rotatable bonds is 8. The summed E-state index contributed by atoms with van der Waals surface area (Å²) in [5.41, 5.74) is -0.600. The van der Waals surface area contributed by atoms with Crippen LogP contribution in [0.3, 0.4) is 0 Å². The maximum Gasteiger partial charge on any atom is 0.310 e. The molecule has 1 saturated heterocycles. The van der Waals surface area contributed by atoms with Crippen LogP contribution in [0.2, 0.25) is 0 Å². The van der Waals surface area contributed by atoms with E-state index in [2.05, 4.69) is 10.6 Å². The smallest absolute Gasteiger partial charge is 0.310 e. The van der Waals surface area contributed by atoms with E-state index in [1.807, 2.05) is 4.90 Å². The van der Waals surface area contributed by atoms with Crippen LogP contribution in [-0.2, 0) is 14.3 Å². The molecule has 2 aromatic rings. The summed E-state index contributed by atoms with van der Waals surface area (Å²) in [7, 11) is 0. The Hall–Kier alpha value is -3.86. The number of nitrogens with zero attached hydrogens (tertiary/aromatic N) is 2. The number of halogens is 1. The number of ether oxygens (including phenoxy) is 1. The first-order chi connectivity index (χ1) is 16.3. The predicted octanol–water partition coefficient (Wildman–Crippen LogP) is 3.20. The van der Waals surface area contributed by atoms with Crippen molar-refractivity contribution in [2.75, 3.05) is 36.9 Å². The molecule has 34 heavy (non-hydrogen) atoms. The highest BCUT2D eigenvalue weighted by molar-refractivity contribution is 6.10. The fraction of sp³-hybridized carbons (Fsp3) is 0.348. The van der Waals surface area contributed by atoms with E-state index >= 15 is 0 Å². The third-order valence-electron chi connectivity index (χ3n) is 5.35. The number of amides is 2. The minimum atomic E-state index is -0.815. The van der Waals surface area contributed by atoms with Crippen LogP contribution in [0.1, 0.15) is 30.1 Å². The van der Waals surface area contributed by atoms with E-state index in [-0.39, 0.29) is 47.7 Å². The Morgan fingerprint density at radius 3 is 2.65 bits per heavy atom. The van der Waals surface area contributed by atoms with Gasteiger partial charge >= 0.3 is 5.97 Å². The molecule has 0 aromatic heterocycles. The van der Waals surface area contributed by atoms with Crippen LogP contribution < -0.4 is 10.6 Å². The molecule has 2 N–H and O–H groups in total. The number of non-ortho nitro benzene ring substituents is 1. The van der Waals surface area contributed by atoms with Gasteiger partial charge in [0.1, 0.15) is 5.82 Å². The number of anilines is 2. The second-order valence-electron chi connectivity index (χ2n) is 7.80. The van der Waals surface area contributed by atoms with Crippen LogP contribution >= 0.6 is 0 Å². The summed E-state index contributed by atoms with van der Waals surface area (Å²) < 4.78 is 19.0. The summed E-state index contributed by atoms with van der Waals surface area (Å²) in [5, 5.41) is 16.2. The number of nitro groups is 1. The molecule has 11 heteroatoms. The first kappa shape index (κ1) is 24.8. The van der Waals surface area contributed by atoms with E-state index in [1.54, 1.807) is 6.92 Å². The molecule has 1 fully saturated rings. The van der Waals surface area contributed by atoms with Gasteiger partial charge in [-0.15, -0.1) is 0 Å². The fourth-order valence-corrected chi connectivity index (χ4v) is 3.74. The molecule has 2 aromatic carbocycles. The molecular weight excluding hydrogens is 447 g/mol. The highest BCUT2D eigenvalue weighted by atomic mass is 19.1. The van der Waals surface area contributed by atoms with Crippen molar-refractivity contribution in [1.29, 1.82) is 0 Å². The Balaban J connectivity index is 1.73. The number of hydrogen-bond acceptors (Lipinski definition) is 7. The van der Waals surface area contributed by atoms with Gasteiger partial charge in [-0.05, 0) is 44.5 Å². The Labute approximate surface area is 195 Å². The molecule has 0 radical (unpaired) electrons. The molecule has 0 spiro atoms. The molecule has 1 aliphatic heterocycles. The first-order valence-corrected chi connectivity index (χ1v) is 10.8. The van der Waals surface area contributed by atoms with Crippen LogP contribution in [0, 0.1) is 21.8 Å². The van der Waals surface area contributed by atoms with Crippen molar-refractivity contribution in [1.82, 2.24) is 4.90 Å². The quantitative estimate of drug-likeness (QED) is 0.343. The number of nitro benzene ring substituents is 1. The maximum atomic E-state index is 14.0.